The van der Waals surface area contributed by atoms with E-state index in [4.69, 9.17) is 14.2 Å². The summed E-state index contributed by atoms with van der Waals surface area (Å²) in [6.07, 6.45) is 7.25. The van der Waals surface area contributed by atoms with Crippen LogP contribution in [-0.2, 0) is 20.6 Å². The molecule has 0 amide bonds. The molecule has 3 saturated heterocycles. The zero-order valence-corrected chi connectivity index (χ0v) is 13.9. The van der Waals surface area contributed by atoms with Crippen LogP contribution in [0.25, 0.3) is 21.8 Å². The van der Waals surface area contributed by atoms with Crippen LogP contribution >= 0.6 is 0 Å². The van der Waals surface area contributed by atoms with Crippen LogP contribution in [0.3, 0.4) is 0 Å². The van der Waals surface area contributed by atoms with E-state index in [1.807, 2.05) is 6.20 Å². The van der Waals surface area contributed by atoms with Crippen LogP contribution in [0.2, 0.25) is 0 Å². The van der Waals surface area contributed by atoms with Crippen molar-refractivity contribution in [2.24, 2.45) is 0 Å². The van der Waals surface area contributed by atoms with Crippen molar-refractivity contribution in [3.8, 4) is 0 Å². The maximum Gasteiger partial charge on any atom is 0.284 e. The Balaban J connectivity index is 1.33. The SMILES string of the molecule is c1ccc2c(c1)[nH]c1c(CCC34OC5CC(CC(C5)O3)O4)nccc12. The predicted octanol–water partition coefficient (Wildman–Crippen LogP) is 3.67. The van der Waals surface area contributed by atoms with Crippen molar-refractivity contribution in [1.29, 1.82) is 0 Å². The van der Waals surface area contributed by atoms with E-state index in [2.05, 4.69) is 40.3 Å². The number of para-hydroxylation sites is 1. The Morgan fingerprint density at radius 1 is 0.960 bits per heavy atom. The van der Waals surface area contributed by atoms with Gasteiger partial charge in [0.1, 0.15) is 0 Å². The van der Waals surface area contributed by atoms with E-state index in [9.17, 15) is 0 Å². The minimum Gasteiger partial charge on any atom is -0.353 e. The lowest BCUT2D eigenvalue weighted by molar-refractivity contribution is -0.495. The number of nitrogens with one attached hydrogen (secondary N) is 1. The van der Waals surface area contributed by atoms with Gasteiger partial charge in [-0.1, -0.05) is 18.2 Å². The molecule has 3 aliphatic heterocycles. The number of hydrogen-bond acceptors (Lipinski definition) is 4. The van der Waals surface area contributed by atoms with Crippen molar-refractivity contribution in [1.82, 2.24) is 9.97 Å². The van der Waals surface area contributed by atoms with Crippen LogP contribution in [0.15, 0.2) is 36.5 Å². The molecule has 1 aliphatic carbocycles. The highest BCUT2D eigenvalue weighted by Crippen LogP contribution is 2.46. The van der Waals surface area contributed by atoms with Gasteiger partial charge in [-0.2, -0.15) is 0 Å². The molecule has 2 aromatic heterocycles. The van der Waals surface area contributed by atoms with Gasteiger partial charge in [0.15, 0.2) is 0 Å². The lowest BCUT2D eigenvalue weighted by Gasteiger charge is -2.55. The minimum atomic E-state index is -0.857. The van der Waals surface area contributed by atoms with Crippen molar-refractivity contribution in [2.75, 3.05) is 0 Å². The van der Waals surface area contributed by atoms with E-state index in [-0.39, 0.29) is 0 Å². The molecule has 5 heteroatoms. The van der Waals surface area contributed by atoms with Gasteiger partial charge in [0.05, 0.1) is 29.5 Å². The minimum absolute atomic E-state index is 0.295. The van der Waals surface area contributed by atoms with Crippen LogP contribution in [0.5, 0.6) is 0 Å². The predicted molar refractivity (Wildman–Crippen MR) is 93.1 cm³/mol. The first-order chi connectivity index (χ1) is 12.3. The monoisotopic (exact) mass is 336 g/mol. The summed E-state index contributed by atoms with van der Waals surface area (Å²) >= 11 is 0. The Morgan fingerprint density at radius 2 is 1.68 bits per heavy atom. The number of rotatable bonds is 3. The fourth-order valence-corrected chi connectivity index (χ4v) is 4.77. The number of pyridine rings is 1. The molecule has 5 nitrogen and oxygen atoms in total. The van der Waals surface area contributed by atoms with Crippen molar-refractivity contribution in [3.05, 3.63) is 42.2 Å². The molecule has 128 valence electrons. The molecule has 7 rings (SSSR count). The van der Waals surface area contributed by atoms with Gasteiger partial charge >= 0.3 is 0 Å². The second-order valence-electron chi connectivity index (χ2n) is 7.46. The van der Waals surface area contributed by atoms with Crippen molar-refractivity contribution in [2.45, 2.75) is 56.4 Å². The fourth-order valence-electron chi connectivity index (χ4n) is 4.77. The average Bonchev–Trinajstić information content (AvgIpc) is 2.98. The molecule has 1 saturated carbocycles. The molecule has 5 heterocycles. The number of benzene rings is 1. The summed E-state index contributed by atoms with van der Waals surface area (Å²) in [5.41, 5.74) is 3.29. The third-order valence-corrected chi connectivity index (χ3v) is 5.79. The first kappa shape index (κ1) is 14.2. The third kappa shape index (κ3) is 2.16. The largest absolute Gasteiger partial charge is 0.353 e. The van der Waals surface area contributed by atoms with Gasteiger partial charge in [-0.3, -0.25) is 4.98 Å². The van der Waals surface area contributed by atoms with Gasteiger partial charge < -0.3 is 19.2 Å². The molecule has 0 radical (unpaired) electrons. The Hall–Kier alpha value is -1.95. The normalized spacial score (nSPS) is 33.5. The Kier molecular flexibility index (Phi) is 2.87. The summed E-state index contributed by atoms with van der Waals surface area (Å²) in [5.74, 6) is -0.857. The van der Waals surface area contributed by atoms with Crippen LogP contribution in [0, 0.1) is 0 Å². The standard InChI is InChI=1S/C20H20N2O3/c1-2-4-17-15(3-1)16-6-8-21-18(19(16)22-17)5-7-20-23-12-9-13(24-20)11-14(10-12)25-20/h1-4,6,8,12-14,22H,5,7,9-11H2. The first-order valence-electron chi connectivity index (χ1n) is 9.16. The number of fused-ring (bicyclic) bond motifs is 3. The molecule has 1 aromatic carbocycles. The molecule has 4 bridgehead atoms. The number of hydrogen-bond donors (Lipinski definition) is 1. The van der Waals surface area contributed by atoms with E-state index in [1.54, 1.807) is 0 Å². The number of aromatic nitrogens is 2. The summed E-state index contributed by atoms with van der Waals surface area (Å²) in [4.78, 5) is 8.14. The van der Waals surface area contributed by atoms with Crippen LogP contribution in [-0.4, -0.2) is 34.3 Å². The summed E-state index contributed by atoms with van der Waals surface area (Å²) in [6.45, 7) is 0. The van der Waals surface area contributed by atoms with Gasteiger partial charge in [-0.15, -0.1) is 0 Å². The summed E-state index contributed by atoms with van der Waals surface area (Å²) in [6, 6.07) is 10.4. The summed E-state index contributed by atoms with van der Waals surface area (Å²) < 4.78 is 18.4. The van der Waals surface area contributed by atoms with E-state index in [0.717, 1.165) is 42.4 Å². The molecule has 0 spiro atoms. The highest BCUT2D eigenvalue weighted by atomic mass is 16.9. The highest BCUT2D eigenvalue weighted by Gasteiger charge is 2.54. The van der Waals surface area contributed by atoms with Gasteiger partial charge in [-0.25, -0.2) is 0 Å². The van der Waals surface area contributed by atoms with Crippen molar-refractivity contribution in [3.63, 3.8) is 0 Å². The fraction of sp³-hybridized carbons (Fsp3) is 0.450. The van der Waals surface area contributed by atoms with Gasteiger partial charge in [0.25, 0.3) is 5.97 Å². The molecule has 4 fully saturated rings. The van der Waals surface area contributed by atoms with Crippen LogP contribution in [0.1, 0.15) is 31.4 Å². The first-order valence-corrected chi connectivity index (χ1v) is 9.16. The highest BCUT2D eigenvalue weighted by molar-refractivity contribution is 6.07. The van der Waals surface area contributed by atoms with E-state index >= 15 is 0 Å². The Morgan fingerprint density at radius 3 is 2.44 bits per heavy atom. The van der Waals surface area contributed by atoms with E-state index < -0.39 is 5.97 Å². The average molecular weight is 336 g/mol. The van der Waals surface area contributed by atoms with Gasteiger partial charge in [-0.05, 0) is 18.6 Å². The number of H-pyrrole nitrogens is 1. The Labute approximate surface area is 145 Å². The molecule has 0 atom stereocenters. The Bertz CT molecular complexity index is 929. The number of aromatic amines is 1. The third-order valence-electron chi connectivity index (χ3n) is 5.79. The maximum atomic E-state index is 6.12. The van der Waals surface area contributed by atoms with Gasteiger partial charge in [0.2, 0.25) is 0 Å². The molecule has 1 N–H and O–H groups in total. The van der Waals surface area contributed by atoms with Crippen LogP contribution < -0.4 is 0 Å². The molecular formula is C20H20N2O3. The summed E-state index contributed by atoms with van der Waals surface area (Å²) in [7, 11) is 0. The summed E-state index contributed by atoms with van der Waals surface area (Å²) in [5, 5.41) is 2.45. The molecule has 3 aromatic rings. The lowest BCUT2D eigenvalue weighted by Crippen LogP contribution is -2.62. The zero-order chi connectivity index (χ0) is 16.4. The number of nitrogens with zero attached hydrogens (tertiary/aromatic N) is 1. The smallest absolute Gasteiger partial charge is 0.284 e. The van der Waals surface area contributed by atoms with E-state index in [1.165, 1.54) is 10.8 Å². The quantitative estimate of drug-likeness (QED) is 0.793. The maximum absolute atomic E-state index is 6.12. The van der Waals surface area contributed by atoms with Gasteiger partial charge in [0, 0.05) is 48.2 Å². The second-order valence-corrected chi connectivity index (χ2v) is 7.46. The number of ether oxygens (including phenoxy) is 3. The molecule has 0 unspecified atom stereocenters. The van der Waals surface area contributed by atoms with E-state index in [0.29, 0.717) is 24.7 Å². The molecule has 25 heavy (non-hydrogen) atoms. The lowest BCUT2D eigenvalue weighted by atomic mass is 9.88. The van der Waals surface area contributed by atoms with Crippen molar-refractivity contribution >= 4 is 21.8 Å². The second kappa shape index (κ2) is 5.04. The molecular weight excluding hydrogens is 316 g/mol. The van der Waals surface area contributed by atoms with Crippen molar-refractivity contribution < 1.29 is 14.2 Å². The number of aryl methyl sites for hydroxylation is 1. The zero-order valence-electron chi connectivity index (χ0n) is 13.9. The topological polar surface area (TPSA) is 56.4 Å². The van der Waals surface area contributed by atoms with Crippen LogP contribution in [0.4, 0.5) is 0 Å². The molecule has 4 aliphatic rings.